The third-order valence-corrected chi connectivity index (χ3v) is 3.89. The van der Waals surface area contributed by atoms with Crippen molar-refractivity contribution in [2.75, 3.05) is 0 Å². The first-order valence-corrected chi connectivity index (χ1v) is 6.21. The lowest BCUT2D eigenvalue weighted by Gasteiger charge is -2.03. The molecule has 1 aromatic heterocycles. The van der Waals surface area contributed by atoms with Crippen LogP contribution in [0.2, 0.25) is 0 Å². The second-order valence-electron chi connectivity index (χ2n) is 4.30. The van der Waals surface area contributed by atoms with Gasteiger partial charge in [-0.25, -0.2) is 4.79 Å². The van der Waals surface area contributed by atoms with Crippen LogP contribution in [0.3, 0.4) is 0 Å². The summed E-state index contributed by atoms with van der Waals surface area (Å²) in [5, 5.41) is 8.99. The van der Waals surface area contributed by atoms with Gasteiger partial charge < -0.3 is 5.11 Å². The molecule has 2 nitrogen and oxygen atoms in total. The summed E-state index contributed by atoms with van der Waals surface area (Å²) in [6.45, 7) is 6.06. The molecule has 88 valence electrons. The number of rotatable bonds is 2. The monoisotopic (exact) mass is 246 g/mol. The lowest BCUT2D eigenvalue weighted by Crippen LogP contribution is -1.89. The first-order valence-electron chi connectivity index (χ1n) is 5.40. The summed E-state index contributed by atoms with van der Waals surface area (Å²) in [5.74, 6) is -0.853. The van der Waals surface area contributed by atoms with Gasteiger partial charge in [-0.15, -0.1) is 11.3 Å². The molecule has 0 amide bonds. The highest BCUT2D eigenvalue weighted by molar-refractivity contribution is 7.17. The van der Waals surface area contributed by atoms with Crippen molar-refractivity contribution in [3.8, 4) is 10.4 Å². The quantitative estimate of drug-likeness (QED) is 0.868. The Kier molecular flexibility index (Phi) is 3.03. The first-order chi connectivity index (χ1) is 7.97. The van der Waals surface area contributed by atoms with E-state index in [1.165, 1.54) is 22.5 Å². The zero-order valence-electron chi connectivity index (χ0n) is 10.1. The summed E-state index contributed by atoms with van der Waals surface area (Å²) < 4.78 is 0. The van der Waals surface area contributed by atoms with Crippen LogP contribution in [0.25, 0.3) is 10.4 Å². The van der Waals surface area contributed by atoms with Gasteiger partial charge >= 0.3 is 5.97 Å². The summed E-state index contributed by atoms with van der Waals surface area (Å²) in [4.78, 5) is 12.4. The van der Waals surface area contributed by atoms with Crippen LogP contribution in [-0.2, 0) is 0 Å². The summed E-state index contributed by atoms with van der Waals surface area (Å²) in [6.07, 6.45) is 0. The number of aromatic carboxylic acids is 1. The Bertz CT molecular complexity index is 562. The topological polar surface area (TPSA) is 37.3 Å². The fourth-order valence-electron chi connectivity index (χ4n) is 1.98. The number of thiophene rings is 1. The summed E-state index contributed by atoms with van der Waals surface area (Å²) in [5.41, 5.74) is 4.53. The largest absolute Gasteiger partial charge is 0.477 e. The average molecular weight is 246 g/mol. The maximum absolute atomic E-state index is 10.9. The molecule has 0 radical (unpaired) electrons. The highest BCUT2D eigenvalue weighted by atomic mass is 32.1. The Balaban J connectivity index is 2.56. The third-order valence-electron chi connectivity index (χ3n) is 2.61. The minimum Gasteiger partial charge on any atom is -0.477 e. The summed E-state index contributed by atoms with van der Waals surface area (Å²) in [6, 6.07) is 8.04. The zero-order valence-corrected chi connectivity index (χ0v) is 10.9. The molecule has 1 N–H and O–H groups in total. The van der Waals surface area contributed by atoms with Crippen molar-refractivity contribution in [3.05, 3.63) is 45.8 Å². The number of aryl methyl sites for hydroxylation is 3. The second kappa shape index (κ2) is 4.34. The third kappa shape index (κ3) is 2.39. The van der Waals surface area contributed by atoms with Crippen LogP contribution in [0.4, 0.5) is 0 Å². The van der Waals surface area contributed by atoms with Crippen LogP contribution < -0.4 is 0 Å². The van der Waals surface area contributed by atoms with Crippen molar-refractivity contribution < 1.29 is 9.90 Å². The number of hydrogen-bond donors (Lipinski definition) is 1. The molecule has 0 saturated carbocycles. The number of hydrogen-bond acceptors (Lipinski definition) is 2. The average Bonchev–Trinajstić information content (AvgIpc) is 2.59. The second-order valence-corrected chi connectivity index (χ2v) is 5.36. The standard InChI is InChI=1S/C14H14O2S/c1-8-4-9(2)6-11(5-8)13-10(3)7-12(17-13)14(15)16/h4-7H,1-3H3,(H,15,16). The molecule has 0 aliphatic heterocycles. The van der Waals surface area contributed by atoms with Crippen LogP contribution in [-0.4, -0.2) is 11.1 Å². The van der Waals surface area contributed by atoms with Gasteiger partial charge in [0, 0.05) is 4.88 Å². The summed E-state index contributed by atoms with van der Waals surface area (Å²) in [7, 11) is 0. The molecule has 0 saturated heterocycles. The Morgan fingerprint density at radius 2 is 1.65 bits per heavy atom. The molecular formula is C14H14O2S. The van der Waals surface area contributed by atoms with Crippen LogP contribution in [0.15, 0.2) is 24.3 Å². The first kappa shape index (κ1) is 11.9. The maximum atomic E-state index is 10.9. The smallest absolute Gasteiger partial charge is 0.345 e. The molecule has 2 aromatic rings. The van der Waals surface area contributed by atoms with Crippen molar-refractivity contribution in [3.63, 3.8) is 0 Å². The maximum Gasteiger partial charge on any atom is 0.345 e. The Morgan fingerprint density at radius 1 is 1.06 bits per heavy atom. The van der Waals surface area contributed by atoms with Crippen LogP contribution >= 0.6 is 11.3 Å². The van der Waals surface area contributed by atoms with E-state index in [-0.39, 0.29) is 0 Å². The molecule has 3 heteroatoms. The molecule has 17 heavy (non-hydrogen) atoms. The number of carbonyl (C=O) groups is 1. The number of benzene rings is 1. The van der Waals surface area contributed by atoms with Gasteiger partial charge in [0.15, 0.2) is 0 Å². The van der Waals surface area contributed by atoms with Crippen LogP contribution in [0.1, 0.15) is 26.4 Å². The van der Waals surface area contributed by atoms with E-state index in [0.717, 1.165) is 16.0 Å². The van der Waals surface area contributed by atoms with E-state index >= 15 is 0 Å². The highest BCUT2D eigenvalue weighted by Crippen LogP contribution is 2.33. The highest BCUT2D eigenvalue weighted by Gasteiger charge is 2.12. The molecule has 0 spiro atoms. The van der Waals surface area contributed by atoms with Gasteiger partial charge in [-0.05, 0) is 38.0 Å². The fourth-order valence-corrected chi connectivity index (χ4v) is 2.98. The minimum atomic E-state index is -0.853. The van der Waals surface area contributed by atoms with Crippen molar-refractivity contribution in [1.82, 2.24) is 0 Å². The Hall–Kier alpha value is -1.61. The van der Waals surface area contributed by atoms with Crippen molar-refractivity contribution in [1.29, 1.82) is 0 Å². The molecule has 2 rings (SSSR count). The van der Waals surface area contributed by atoms with E-state index in [1.807, 2.05) is 6.92 Å². The zero-order chi connectivity index (χ0) is 12.6. The van der Waals surface area contributed by atoms with Gasteiger partial charge in [0.1, 0.15) is 4.88 Å². The fraction of sp³-hybridized carbons (Fsp3) is 0.214. The predicted molar refractivity (Wildman–Crippen MR) is 70.9 cm³/mol. The van der Waals surface area contributed by atoms with E-state index in [1.54, 1.807) is 6.07 Å². The van der Waals surface area contributed by atoms with E-state index in [4.69, 9.17) is 5.11 Å². The molecule has 1 heterocycles. The van der Waals surface area contributed by atoms with Gasteiger partial charge in [0.25, 0.3) is 0 Å². The van der Waals surface area contributed by atoms with E-state index in [2.05, 4.69) is 32.0 Å². The SMILES string of the molecule is Cc1cc(C)cc(-c2sc(C(=O)O)cc2C)c1. The molecule has 0 fully saturated rings. The van der Waals surface area contributed by atoms with Crippen molar-refractivity contribution in [2.45, 2.75) is 20.8 Å². The van der Waals surface area contributed by atoms with Gasteiger partial charge in [-0.2, -0.15) is 0 Å². The Morgan fingerprint density at radius 3 is 2.12 bits per heavy atom. The number of carboxylic acids is 1. The molecular weight excluding hydrogens is 232 g/mol. The molecule has 0 bridgehead atoms. The van der Waals surface area contributed by atoms with Gasteiger partial charge in [-0.3, -0.25) is 0 Å². The normalized spacial score (nSPS) is 10.5. The van der Waals surface area contributed by atoms with Crippen molar-refractivity contribution in [2.24, 2.45) is 0 Å². The molecule has 0 aliphatic rings. The van der Waals surface area contributed by atoms with Crippen molar-refractivity contribution >= 4 is 17.3 Å². The van der Waals surface area contributed by atoms with Gasteiger partial charge in [-0.1, -0.05) is 29.3 Å². The van der Waals surface area contributed by atoms with Crippen LogP contribution in [0, 0.1) is 20.8 Å². The lowest BCUT2D eigenvalue weighted by molar-refractivity contribution is 0.0702. The molecule has 0 aliphatic carbocycles. The van der Waals surface area contributed by atoms with Gasteiger partial charge in [0.05, 0.1) is 0 Å². The van der Waals surface area contributed by atoms with E-state index in [9.17, 15) is 4.79 Å². The summed E-state index contributed by atoms with van der Waals surface area (Å²) >= 11 is 1.34. The van der Waals surface area contributed by atoms with Gasteiger partial charge in [0.2, 0.25) is 0 Å². The minimum absolute atomic E-state index is 0.400. The lowest BCUT2D eigenvalue weighted by atomic mass is 10.0. The van der Waals surface area contributed by atoms with Crippen LogP contribution in [0.5, 0.6) is 0 Å². The molecule has 0 atom stereocenters. The van der Waals surface area contributed by atoms with E-state index in [0.29, 0.717) is 4.88 Å². The number of carboxylic acid groups (broad SMARTS) is 1. The van der Waals surface area contributed by atoms with E-state index < -0.39 is 5.97 Å². The molecule has 1 aromatic carbocycles. The predicted octanol–water partition coefficient (Wildman–Crippen LogP) is 4.04. The molecule has 0 unspecified atom stereocenters. The Labute approximate surface area is 105 Å².